The molecule has 0 aromatic heterocycles. The molecule has 0 radical (unpaired) electrons. The first-order valence-electron chi connectivity index (χ1n) is 21.8. The zero-order chi connectivity index (χ0) is 40.0. The number of phosphoric ester groups is 1. The molecule has 0 bridgehead atoms. The number of carbonyl (C=O) groups excluding carboxylic acids is 2. The molecule has 2 atom stereocenters. The van der Waals surface area contributed by atoms with Crippen molar-refractivity contribution >= 4 is 19.8 Å². The lowest BCUT2D eigenvalue weighted by atomic mass is 10.1. The zero-order valence-corrected chi connectivity index (χ0v) is 36.3. The lowest BCUT2D eigenvalue weighted by Crippen LogP contribution is -2.37. The van der Waals surface area contributed by atoms with Crippen LogP contribution >= 0.6 is 7.82 Å². The first-order valence-corrected chi connectivity index (χ1v) is 23.3. The number of likely N-dealkylation sites (N-methyl/N-ethyl adjacent to an activating group) is 1. The number of quaternary nitrogens is 1. The number of ether oxygens (including phenoxy) is 2. The molecule has 1 unspecified atom stereocenters. The summed E-state index contributed by atoms with van der Waals surface area (Å²) in [5.41, 5.74) is 0. The zero-order valence-electron chi connectivity index (χ0n) is 35.5. The molecular weight excluding hydrogens is 701 g/mol. The lowest BCUT2D eigenvalue weighted by molar-refractivity contribution is -0.870. The first kappa shape index (κ1) is 52.2. The van der Waals surface area contributed by atoms with E-state index < -0.39 is 32.5 Å². The maximum atomic E-state index is 12.7. The van der Waals surface area contributed by atoms with Gasteiger partial charge in [-0.25, -0.2) is 9.36 Å². The molecule has 0 aliphatic carbocycles. The van der Waals surface area contributed by atoms with Crippen LogP contribution in [0, 0.1) is 0 Å². The molecule has 0 fully saturated rings. The average Bonchev–Trinajstić information content (AvgIpc) is 3.12. The highest BCUT2D eigenvalue weighted by Gasteiger charge is 2.26. The SMILES string of the molecule is CCCCCC/C=C/CCCCCCCCCC(=O)O[C@H](COC(=O)/C=C/C=C/CCCCCCCCCCCCC)COP(=O)(O)OCC[N+](C)(C)C. The number of hydrogen-bond donors (Lipinski definition) is 1. The maximum absolute atomic E-state index is 12.7. The van der Waals surface area contributed by atoms with Gasteiger partial charge in [0.1, 0.15) is 19.8 Å². The summed E-state index contributed by atoms with van der Waals surface area (Å²) in [7, 11) is 1.43. The smallest absolute Gasteiger partial charge is 0.458 e. The van der Waals surface area contributed by atoms with Crippen LogP contribution in [-0.2, 0) is 32.7 Å². The van der Waals surface area contributed by atoms with Crippen molar-refractivity contribution in [2.45, 2.75) is 187 Å². The Bertz CT molecular complexity index is 1020. The molecule has 10 heteroatoms. The van der Waals surface area contributed by atoms with Crippen molar-refractivity contribution in [1.29, 1.82) is 0 Å². The highest BCUT2D eigenvalue weighted by Crippen LogP contribution is 2.43. The van der Waals surface area contributed by atoms with E-state index in [0.717, 1.165) is 38.5 Å². The van der Waals surface area contributed by atoms with E-state index in [1.165, 1.54) is 122 Å². The fourth-order valence-electron chi connectivity index (χ4n) is 5.80. The minimum Gasteiger partial charge on any atom is -0.458 e. The Hall–Kier alpha value is -1.77. The van der Waals surface area contributed by atoms with Crippen LogP contribution in [0.1, 0.15) is 181 Å². The van der Waals surface area contributed by atoms with E-state index in [1.54, 1.807) is 6.08 Å². The Labute approximate surface area is 331 Å². The molecule has 0 aromatic carbocycles. The Balaban J connectivity index is 4.47. The highest BCUT2D eigenvalue weighted by molar-refractivity contribution is 7.47. The summed E-state index contributed by atoms with van der Waals surface area (Å²) < 4.78 is 34.1. The van der Waals surface area contributed by atoms with E-state index >= 15 is 0 Å². The standard InChI is InChI=1S/C44H82NO8P/c1-6-8-10-12-14-16-18-20-22-24-26-28-30-32-34-36-43(46)50-40-42(41-52-54(48,49)51-39-38-45(3,4)5)53-44(47)37-35-33-31-29-27-25-23-21-19-17-15-13-11-9-7-2/h17,19,30,32,34,36,42H,6-16,18,20-29,31,33,35,37-41H2,1-5H3/p+1/b19-17+,32-30+,36-34+/t42-/m1/s1. The molecule has 0 saturated heterocycles. The van der Waals surface area contributed by atoms with Gasteiger partial charge in [0.15, 0.2) is 6.10 Å². The van der Waals surface area contributed by atoms with E-state index in [4.69, 9.17) is 18.5 Å². The number of nitrogens with zero attached hydrogens (tertiary/aromatic N) is 1. The molecule has 0 amide bonds. The van der Waals surface area contributed by atoms with Gasteiger partial charge >= 0.3 is 19.8 Å². The monoisotopic (exact) mass is 785 g/mol. The number of phosphoric acid groups is 1. The number of carbonyl (C=O) groups is 2. The van der Waals surface area contributed by atoms with Crippen LogP contribution < -0.4 is 0 Å². The van der Waals surface area contributed by atoms with Crippen molar-refractivity contribution < 1.29 is 42.1 Å². The number of rotatable bonds is 39. The summed E-state index contributed by atoms with van der Waals surface area (Å²) >= 11 is 0. The van der Waals surface area contributed by atoms with E-state index in [2.05, 4.69) is 26.0 Å². The Kier molecular flexibility index (Phi) is 35.6. The van der Waals surface area contributed by atoms with Gasteiger partial charge in [-0.2, -0.15) is 0 Å². The molecule has 316 valence electrons. The van der Waals surface area contributed by atoms with Crippen molar-refractivity contribution in [3.05, 3.63) is 36.5 Å². The predicted molar refractivity (Wildman–Crippen MR) is 224 cm³/mol. The summed E-state index contributed by atoms with van der Waals surface area (Å²) in [6.45, 7) is 4.27. The second kappa shape index (κ2) is 36.8. The summed E-state index contributed by atoms with van der Waals surface area (Å²) in [5, 5.41) is 0. The molecular formula is C44H83NO8P+. The molecule has 0 spiro atoms. The molecule has 1 N–H and O–H groups in total. The fourth-order valence-corrected chi connectivity index (χ4v) is 6.55. The van der Waals surface area contributed by atoms with Gasteiger partial charge in [-0.3, -0.25) is 13.8 Å². The number of esters is 2. The fraction of sp³-hybridized carbons (Fsp3) is 0.818. The van der Waals surface area contributed by atoms with E-state index in [1.807, 2.05) is 33.3 Å². The molecule has 0 heterocycles. The number of unbranched alkanes of at least 4 members (excludes halogenated alkanes) is 22. The van der Waals surface area contributed by atoms with Crippen molar-refractivity contribution in [3.8, 4) is 0 Å². The normalized spacial score (nSPS) is 14.0. The van der Waals surface area contributed by atoms with Gasteiger partial charge in [0.05, 0.1) is 27.7 Å². The highest BCUT2D eigenvalue weighted by atomic mass is 31.2. The maximum Gasteiger partial charge on any atom is 0.472 e. The van der Waals surface area contributed by atoms with Gasteiger partial charge in [-0.15, -0.1) is 0 Å². The minimum absolute atomic E-state index is 0.0184. The van der Waals surface area contributed by atoms with Crippen LogP contribution in [0.15, 0.2) is 36.5 Å². The number of allylic oxidation sites excluding steroid dienone is 5. The van der Waals surface area contributed by atoms with Crippen LogP contribution in [0.25, 0.3) is 0 Å². The molecule has 54 heavy (non-hydrogen) atoms. The summed E-state index contributed by atoms with van der Waals surface area (Å²) in [5.74, 6) is -1.05. The van der Waals surface area contributed by atoms with E-state index in [-0.39, 0.29) is 19.6 Å². The van der Waals surface area contributed by atoms with Gasteiger partial charge in [-0.05, 0) is 44.9 Å². The van der Waals surface area contributed by atoms with Crippen molar-refractivity contribution in [1.82, 2.24) is 0 Å². The third kappa shape index (κ3) is 39.9. The topological polar surface area (TPSA) is 108 Å². The van der Waals surface area contributed by atoms with Gasteiger partial charge in [-0.1, -0.05) is 160 Å². The largest absolute Gasteiger partial charge is 0.472 e. The second-order valence-corrected chi connectivity index (χ2v) is 17.3. The molecule has 0 aromatic rings. The molecule has 0 aliphatic rings. The third-order valence-electron chi connectivity index (χ3n) is 9.25. The third-order valence-corrected chi connectivity index (χ3v) is 10.2. The molecule has 0 saturated carbocycles. The average molecular weight is 785 g/mol. The van der Waals surface area contributed by atoms with Crippen LogP contribution in [0.4, 0.5) is 0 Å². The first-order chi connectivity index (χ1) is 26.0. The lowest BCUT2D eigenvalue weighted by Gasteiger charge is -2.24. The summed E-state index contributed by atoms with van der Waals surface area (Å²) in [6, 6.07) is 0. The van der Waals surface area contributed by atoms with E-state index in [9.17, 15) is 19.0 Å². The predicted octanol–water partition coefficient (Wildman–Crippen LogP) is 12.1. The molecule has 0 rings (SSSR count). The van der Waals surface area contributed by atoms with Gasteiger partial charge in [0, 0.05) is 12.5 Å². The minimum atomic E-state index is -4.39. The molecule has 0 aliphatic heterocycles. The van der Waals surface area contributed by atoms with Crippen molar-refractivity contribution in [2.24, 2.45) is 0 Å². The Morgan fingerprint density at radius 3 is 1.59 bits per heavy atom. The second-order valence-electron chi connectivity index (χ2n) is 15.8. The van der Waals surface area contributed by atoms with Crippen LogP contribution in [0.3, 0.4) is 0 Å². The Morgan fingerprint density at radius 1 is 0.611 bits per heavy atom. The van der Waals surface area contributed by atoms with Crippen molar-refractivity contribution in [3.63, 3.8) is 0 Å². The van der Waals surface area contributed by atoms with Crippen molar-refractivity contribution in [2.75, 3.05) is 47.5 Å². The van der Waals surface area contributed by atoms with Crippen LogP contribution in [0.5, 0.6) is 0 Å². The van der Waals surface area contributed by atoms with E-state index in [0.29, 0.717) is 17.4 Å². The summed E-state index contributed by atoms with van der Waals surface area (Å²) in [6.07, 6.45) is 41.1. The van der Waals surface area contributed by atoms with Crippen LogP contribution in [0.2, 0.25) is 0 Å². The number of hydrogen-bond acceptors (Lipinski definition) is 7. The molecule has 9 nitrogen and oxygen atoms in total. The van der Waals surface area contributed by atoms with Gasteiger partial charge < -0.3 is 18.9 Å². The summed E-state index contributed by atoms with van der Waals surface area (Å²) in [4.78, 5) is 35.2. The quantitative estimate of drug-likeness (QED) is 0.0125. The van der Waals surface area contributed by atoms with Gasteiger partial charge in [0.25, 0.3) is 0 Å². The Morgan fingerprint density at radius 2 is 1.07 bits per heavy atom. The van der Waals surface area contributed by atoms with Gasteiger partial charge in [0.2, 0.25) is 0 Å². The van der Waals surface area contributed by atoms with Crippen LogP contribution in [-0.4, -0.2) is 74.9 Å².